The Labute approximate surface area is 141 Å². The molecule has 6 heteroatoms. The molecule has 0 fully saturated rings. The smallest absolute Gasteiger partial charge is 0.183 e. The van der Waals surface area contributed by atoms with Crippen LogP contribution in [0.5, 0.6) is 0 Å². The van der Waals surface area contributed by atoms with E-state index >= 15 is 0 Å². The van der Waals surface area contributed by atoms with Gasteiger partial charge in [-0.05, 0) is 48.2 Å². The summed E-state index contributed by atoms with van der Waals surface area (Å²) in [5.41, 5.74) is 1.62. The van der Waals surface area contributed by atoms with Gasteiger partial charge >= 0.3 is 0 Å². The fourth-order valence-corrected chi connectivity index (χ4v) is 3.92. The zero-order valence-electron chi connectivity index (χ0n) is 11.9. The van der Waals surface area contributed by atoms with E-state index in [1.165, 1.54) is 11.8 Å². The van der Waals surface area contributed by atoms with Crippen LogP contribution in [0.25, 0.3) is 11.1 Å². The molecule has 0 spiro atoms. The number of hydrogen-bond donors (Lipinski definition) is 0. The van der Waals surface area contributed by atoms with Gasteiger partial charge in [-0.1, -0.05) is 23.9 Å². The standard InChI is InChI=1S/C17H11N3OS2/c1-3-9-18-13(7-1)22-16-15-12(6-5-11-20-15)21-17(16)23-14-8-2-4-10-19-14/h1-11H. The average molecular weight is 337 g/mol. The van der Waals surface area contributed by atoms with Crippen molar-refractivity contribution in [2.45, 2.75) is 20.0 Å². The normalized spacial score (nSPS) is 11.0. The van der Waals surface area contributed by atoms with E-state index in [0.29, 0.717) is 0 Å². The van der Waals surface area contributed by atoms with E-state index < -0.39 is 0 Å². The van der Waals surface area contributed by atoms with Gasteiger partial charge in [-0.15, -0.1) is 0 Å². The van der Waals surface area contributed by atoms with Crippen molar-refractivity contribution in [3.8, 4) is 0 Å². The second-order valence-corrected chi connectivity index (χ2v) is 6.63. The number of rotatable bonds is 4. The van der Waals surface area contributed by atoms with E-state index in [1.807, 2.05) is 48.5 Å². The molecule has 23 heavy (non-hydrogen) atoms. The number of pyridine rings is 3. The molecule has 0 saturated heterocycles. The molecule has 0 radical (unpaired) electrons. The summed E-state index contributed by atoms with van der Waals surface area (Å²) in [6.07, 6.45) is 5.33. The first-order valence-corrected chi connectivity index (χ1v) is 8.59. The molecular formula is C17H11N3OS2. The van der Waals surface area contributed by atoms with Crippen molar-refractivity contribution in [1.29, 1.82) is 0 Å². The lowest BCUT2D eigenvalue weighted by molar-refractivity contribution is 0.499. The predicted molar refractivity (Wildman–Crippen MR) is 90.7 cm³/mol. The molecule has 112 valence electrons. The minimum Gasteiger partial charge on any atom is -0.446 e. The third-order valence-corrected chi connectivity index (χ3v) is 5.14. The van der Waals surface area contributed by atoms with Gasteiger partial charge in [-0.25, -0.2) is 9.97 Å². The molecule has 0 N–H and O–H groups in total. The molecule has 0 amide bonds. The van der Waals surface area contributed by atoms with Crippen LogP contribution in [0.1, 0.15) is 0 Å². The highest BCUT2D eigenvalue weighted by molar-refractivity contribution is 8.02. The largest absolute Gasteiger partial charge is 0.446 e. The minimum atomic E-state index is 0.768. The van der Waals surface area contributed by atoms with Crippen molar-refractivity contribution in [2.24, 2.45) is 0 Å². The zero-order chi connectivity index (χ0) is 15.5. The van der Waals surface area contributed by atoms with Gasteiger partial charge in [-0.2, -0.15) is 0 Å². The predicted octanol–water partition coefficient (Wildman–Crippen LogP) is 4.92. The highest BCUT2D eigenvalue weighted by Crippen LogP contribution is 2.43. The Morgan fingerprint density at radius 1 is 0.696 bits per heavy atom. The number of aromatic nitrogens is 3. The number of hydrogen-bond acceptors (Lipinski definition) is 6. The van der Waals surface area contributed by atoms with E-state index in [2.05, 4.69) is 15.0 Å². The summed E-state index contributed by atoms with van der Waals surface area (Å²) >= 11 is 3.05. The Bertz CT molecular complexity index is 926. The maximum Gasteiger partial charge on any atom is 0.183 e. The van der Waals surface area contributed by atoms with E-state index in [-0.39, 0.29) is 0 Å². The highest BCUT2D eigenvalue weighted by atomic mass is 32.2. The Kier molecular flexibility index (Phi) is 4.00. The summed E-state index contributed by atoms with van der Waals surface area (Å²) in [4.78, 5) is 14.2. The van der Waals surface area contributed by atoms with Crippen LogP contribution in [0.3, 0.4) is 0 Å². The van der Waals surface area contributed by atoms with Gasteiger partial charge in [0.05, 0.1) is 4.90 Å². The summed E-state index contributed by atoms with van der Waals surface area (Å²) in [7, 11) is 0. The van der Waals surface area contributed by atoms with Crippen LogP contribution in [0, 0.1) is 0 Å². The number of nitrogens with zero attached hydrogens (tertiary/aromatic N) is 3. The van der Waals surface area contributed by atoms with Crippen molar-refractivity contribution in [3.63, 3.8) is 0 Å². The second kappa shape index (κ2) is 6.44. The number of fused-ring (bicyclic) bond motifs is 1. The first-order chi connectivity index (χ1) is 11.4. The SMILES string of the molecule is c1ccc(Sc2oc3cccnc3c2Sc2ccccn2)nc1. The van der Waals surface area contributed by atoms with Crippen LogP contribution in [-0.2, 0) is 0 Å². The molecule has 0 aliphatic rings. The Balaban J connectivity index is 1.78. The van der Waals surface area contributed by atoms with Gasteiger partial charge in [0.2, 0.25) is 0 Å². The first kappa shape index (κ1) is 14.3. The Morgan fingerprint density at radius 3 is 2.09 bits per heavy atom. The van der Waals surface area contributed by atoms with Crippen LogP contribution in [0.15, 0.2) is 91.6 Å². The van der Waals surface area contributed by atoms with Crippen molar-refractivity contribution in [3.05, 3.63) is 67.1 Å². The Hall–Kier alpha value is -2.31. The van der Waals surface area contributed by atoms with E-state index in [1.54, 1.807) is 30.4 Å². The first-order valence-electron chi connectivity index (χ1n) is 6.95. The lowest BCUT2D eigenvalue weighted by Gasteiger charge is -2.01. The second-order valence-electron chi connectivity index (χ2n) is 4.61. The lowest BCUT2D eigenvalue weighted by Crippen LogP contribution is -1.81. The Morgan fingerprint density at radius 2 is 1.39 bits per heavy atom. The van der Waals surface area contributed by atoms with Gasteiger partial charge in [0.1, 0.15) is 15.6 Å². The molecule has 4 aromatic heterocycles. The molecule has 0 aromatic carbocycles. The minimum absolute atomic E-state index is 0.768. The maximum absolute atomic E-state index is 5.99. The lowest BCUT2D eigenvalue weighted by atomic mass is 10.4. The molecule has 0 unspecified atom stereocenters. The third-order valence-electron chi connectivity index (χ3n) is 3.05. The summed E-state index contributed by atoms with van der Waals surface area (Å²) in [6.45, 7) is 0. The fourth-order valence-electron chi connectivity index (χ4n) is 2.06. The molecule has 0 saturated carbocycles. The summed E-state index contributed by atoms with van der Waals surface area (Å²) in [6, 6.07) is 15.5. The zero-order valence-corrected chi connectivity index (χ0v) is 13.6. The molecule has 0 bridgehead atoms. The highest BCUT2D eigenvalue weighted by Gasteiger charge is 2.18. The van der Waals surface area contributed by atoms with Gasteiger partial charge in [-0.3, -0.25) is 4.98 Å². The average Bonchev–Trinajstić information content (AvgIpc) is 2.94. The molecule has 0 atom stereocenters. The van der Waals surface area contributed by atoms with Crippen molar-refractivity contribution < 1.29 is 4.42 Å². The molecule has 0 aliphatic carbocycles. The van der Waals surface area contributed by atoms with Gasteiger partial charge in [0, 0.05) is 18.6 Å². The van der Waals surface area contributed by atoms with Crippen LogP contribution in [-0.4, -0.2) is 15.0 Å². The van der Waals surface area contributed by atoms with Crippen molar-refractivity contribution in [1.82, 2.24) is 15.0 Å². The van der Waals surface area contributed by atoms with E-state index in [9.17, 15) is 0 Å². The topological polar surface area (TPSA) is 51.8 Å². The quantitative estimate of drug-likeness (QED) is 0.527. The summed E-state index contributed by atoms with van der Waals surface area (Å²) < 4.78 is 5.99. The van der Waals surface area contributed by atoms with Crippen LogP contribution in [0.4, 0.5) is 0 Å². The molecular weight excluding hydrogens is 326 g/mol. The molecule has 4 nitrogen and oxygen atoms in total. The van der Waals surface area contributed by atoms with E-state index in [0.717, 1.165) is 31.1 Å². The van der Waals surface area contributed by atoms with Crippen LogP contribution in [0.2, 0.25) is 0 Å². The summed E-state index contributed by atoms with van der Waals surface area (Å²) in [5.74, 6) is 0. The van der Waals surface area contributed by atoms with Crippen molar-refractivity contribution >= 4 is 34.6 Å². The molecule has 0 aliphatic heterocycles. The van der Waals surface area contributed by atoms with Crippen molar-refractivity contribution in [2.75, 3.05) is 0 Å². The molecule has 4 rings (SSSR count). The van der Waals surface area contributed by atoms with Crippen LogP contribution >= 0.6 is 23.5 Å². The van der Waals surface area contributed by atoms with Crippen LogP contribution < -0.4 is 0 Å². The third kappa shape index (κ3) is 3.09. The van der Waals surface area contributed by atoms with Gasteiger partial charge in [0.25, 0.3) is 0 Å². The molecule has 4 heterocycles. The number of furan rings is 1. The maximum atomic E-state index is 5.99. The van der Waals surface area contributed by atoms with Gasteiger partial charge in [0.15, 0.2) is 10.7 Å². The van der Waals surface area contributed by atoms with E-state index in [4.69, 9.17) is 4.42 Å². The monoisotopic (exact) mass is 337 g/mol. The van der Waals surface area contributed by atoms with Gasteiger partial charge < -0.3 is 4.42 Å². The molecule has 4 aromatic rings. The summed E-state index contributed by atoms with van der Waals surface area (Å²) in [5, 5.41) is 2.58. The fraction of sp³-hybridized carbons (Fsp3) is 0.